The molecule has 26 heavy (non-hydrogen) atoms. The second kappa shape index (κ2) is 8.15. The number of nitrogens with zero attached hydrogens (tertiary/aromatic N) is 1. The molecule has 3 rings (SSSR count). The Bertz CT molecular complexity index is 906. The van der Waals surface area contributed by atoms with Crippen molar-refractivity contribution in [2.45, 2.75) is 12.8 Å². The van der Waals surface area contributed by atoms with E-state index in [1.54, 1.807) is 5.38 Å². The van der Waals surface area contributed by atoms with Gasteiger partial charge < -0.3 is 10.6 Å². The number of benzene rings is 1. The summed E-state index contributed by atoms with van der Waals surface area (Å²) in [5, 5.41) is 8.73. The quantitative estimate of drug-likeness (QED) is 0.668. The average Bonchev–Trinajstić information content (AvgIpc) is 3.23. The molecule has 0 aliphatic rings. The van der Waals surface area contributed by atoms with Crippen LogP contribution < -0.4 is 10.6 Å². The van der Waals surface area contributed by atoms with Crippen LogP contribution in [0.1, 0.15) is 10.6 Å². The van der Waals surface area contributed by atoms with Crippen LogP contribution in [-0.2, 0) is 22.4 Å². The second-order valence-corrected chi connectivity index (χ2v) is 7.16. The molecule has 0 unspecified atom stereocenters. The maximum atomic E-state index is 13.5. The number of aromatic nitrogens is 1. The van der Waals surface area contributed by atoms with Crippen molar-refractivity contribution in [1.82, 2.24) is 4.98 Å². The van der Waals surface area contributed by atoms with Crippen molar-refractivity contribution in [3.8, 4) is 0 Å². The third kappa shape index (κ3) is 4.70. The van der Waals surface area contributed by atoms with Gasteiger partial charge in [0.15, 0.2) is 5.13 Å². The largest absolute Gasteiger partial charge is 0.321 e. The summed E-state index contributed by atoms with van der Waals surface area (Å²) in [4.78, 5) is 29.0. The molecule has 0 aliphatic heterocycles. The minimum Gasteiger partial charge on any atom is -0.321 e. The van der Waals surface area contributed by atoms with Gasteiger partial charge in [0.05, 0.1) is 18.5 Å². The number of carbonyl (C=O) groups is 2. The highest BCUT2D eigenvalue weighted by molar-refractivity contribution is 7.14. The molecule has 0 atom stereocenters. The fraction of sp³-hybridized carbons (Fsp3) is 0.118. The molecule has 5 nitrogen and oxygen atoms in total. The normalized spacial score (nSPS) is 10.5. The molecule has 2 aromatic heterocycles. The molecule has 2 amide bonds. The highest BCUT2D eigenvalue weighted by Gasteiger charge is 2.14. The van der Waals surface area contributed by atoms with Crippen LogP contribution in [0.5, 0.6) is 0 Å². The molecule has 2 N–H and O–H groups in total. The van der Waals surface area contributed by atoms with E-state index in [4.69, 9.17) is 0 Å². The lowest BCUT2D eigenvalue weighted by atomic mass is 10.2. The zero-order valence-electron chi connectivity index (χ0n) is 13.3. The summed E-state index contributed by atoms with van der Waals surface area (Å²) in [6.45, 7) is 0. The van der Waals surface area contributed by atoms with Crippen molar-refractivity contribution in [3.05, 3.63) is 63.3 Å². The Morgan fingerprint density at radius 3 is 2.38 bits per heavy atom. The van der Waals surface area contributed by atoms with Crippen LogP contribution in [0.4, 0.5) is 19.6 Å². The van der Waals surface area contributed by atoms with Crippen molar-refractivity contribution in [2.24, 2.45) is 0 Å². The lowest BCUT2D eigenvalue weighted by Crippen LogP contribution is -2.17. The first kappa shape index (κ1) is 18.2. The molecule has 0 saturated carbocycles. The number of halogens is 2. The number of amides is 2. The van der Waals surface area contributed by atoms with Gasteiger partial charge in [-0.3, -0.25) is 9.59 Å². The first-order chi connectivity index (χ1) is 12.5. The predicted molar refractivity (Wildman–Crippen MR) is 97.5 cm³/mol. The van der Waals surface area contributed by atoms with Crippen LogP contribution >= 0.6 is 22.7 Å². The van der Waals surface area contributed by atoms with Crippen LogP contribution in [-0.4, -0.2) is 16.8 Å². The van der Waals surface area contributed by atoms with E-state index < -0.39 is 23.2 Å². The van der Waals surface area contributed by atoms with E-state index in [1.165, 1.54) is 28.7 Å². The summed E-state index contributed by atoms with van der Waals surface area (Å²) < 4.78 is 27.1. The van der Waals surface area contributed by atoms with E-state index in [0.29, 0.717) is 10.8 Å². The van der Waals surface area contributed by atoms with Gasteiger partial charge in [0.2, 0.25) is 11.8 Å². The summed E-state index contributed by atoms with van der Waals surface area (Å²) in [6, 6.07) is 7.06. The molecular weight excluding hydrogens is 380 g/mol. The summed E-state index contributed by atoms with van der Waals surface area (Å²) >= 11 is 2.66. The minimum atomic E-state index is -0.849. The SMILES string of the molecule is O=C(Cc1cccs1)Nc1nc(CC(=O)Nc2c(F)cccc2F)cs1. The molecular formula is C17H13F2N3O2S2. The van der Waals surface area contributed by atoms with E-state index in [0.717, 1.165) is 17.0 Å². The van der Waals surface area contributed by atoms with E-state index in [1.807, 2.05) is 17.5 Å². The van der Waals surface area contributed by atoms with Crippen molar-refractivity contribution < 1.29 is 18.4 Å². The lowest BCUT2D eigenvalue weighted by Gasteiger charge is -2.06. The van der Waals surface area contributed by atoms with Crippen LogP contribution in [0.3, 0.4) is 0 Å². The number of carbonyl (C=O) groups excluding carboxylic acids is 2. The van der Waals surface area contributed by atoms with Gasteiger partial charge in [-0.2, -0.15) is 0 Å². The van der Waals surface area contributed by atoms with Gasteiger partial charge in [0.1, 0.15) is 17.3 Å². The number of hydrogen-bond donors (Lipinski definition) is 2. The smallest absolute Gasteiger partial charge is 0.231 e. The third-order valence-electron chi connectivity index (χ3n) is 3.28. The number of rotatable bonds is 6. The molecule has 0 radical (unpaired) electrons. The number of para-hydroxylation sites is 1. The van der Waals surface area contributed by atoms with Gasteiger partial charge in [-0.25, -0.2) is 13.8 Å². The summed E-state index contributed by atoms with van der Waals surface area (Å²) in [5.41, 5.74) is -0.0899. The molecule has 2 heterocycles. The molecule has 134 valence electrons. The van der Waals surface area contributed by atoms with Gasteiger partial charge in [-0.05, 0) is 23.6 Å². The van der Waals surface area contributed by atoms with Crippen molar-refractivity contribution in [2.75, 3.05) is 10.6 Å². The van der Waals surface area contributed by atoms with Gasteiger partial charge in [0.25, 0.3) is 0 Å². The van der Waals surface area contributed by atoms with Crippen LogP contribution in [0, 0.1) is 11.6 Å². The van der Waals surface area contributed by atoms with Crippen LogP contribution in [0.2, 0.25) is 0 Å². The zero-order valence-corrected chi connectivity index (χ0v) is 14.9. The number of anilines is 2. The highest BCUT2D eigenvalue weighted by Crippen LogP contribution is 2.20. The highest BCUT2D eigenvalue weighted by atomic mass is 32.1. The van der Waals surface area contributed by atoms with E-state index >= 15 is 0 Å². The second-order valence-electron chi connectivity index (χ2n) is 5.27. The number of hydrogen-bond acceptors (Lipinski definition) is 5. The number of nitrogens with one attached hydrogen (secondary N) is 2. The molecule has 0 fully saturated rings. The fourth-order valence-electron chi connectivity index (χ4n) is 2.15. The Morgan fingerprint density at radius 2 is 1.69 bits per heavy atom. The standard InChI is InChI=1S/C17H13F2N3O2S2/c18-12-4-1-5-13(19)16(12)21-14(23)7-10-9-26-17(20-10)22-15(24)8-11-3-2-6-25-11/h1-6,9H,7-8H2,(H,21,23)(H,20,22,24). The number of thiophene rings is 1. The molecule has 0 bridgehead atoms. The van der Waals surface area contributed by atoms with Gasteiger partial charge in [-0.15, -0.1) is 22.7 Å². The van der Waals surface area contributed by atoms with Crippen LogP contribution in [0.15, 0.2) is 41.1 Å². The molecule has 0 spiro atoms. The first-order valence-corrected chi connectivity index (χ1v) is 9.27. The third-order valence-corrected chi connectivity index (χ3v) is 4.96. The first-order valence-electron chi connectivity index (χ1n) is 7.52. The Labute approximate surface area is 155 Å². The van der Waals surface area contributed by atoms with Gasteiger partial charge in [0, 0.05) is 10.3 Å². The Kier molecular flexibility index (Phi) is 5.69. The van der Waals surface area contributed by atoms with Gasteiger partial charge >= 0.3 is 0 Å². The Balaban J connectivity index is 1.56. The van der Waals surface area contributed by atoms with E-state index in [-0.39, 0.29) is 18.7 Å². The monoisotopic (exact) mass is 393 g/mol. The van der Waals surface area contributed by atoms with Crippen molar-refractivity contribution in [3.63, 3.8) is 0 Å². The minimum absolute atomic E-state index is 0.162. The zero-order chi connectivity index (χ0) is 18.5. The lowest BCUT2D eigenvalue weighted by molar-refractivity contribution is -0.116. The van der Waals surface area contributed by atoms with Crippen LogP contribution in [0.25, 0.3) is 0 Å². The fourth-order valence-corrected chi connectivity index (χ4v) is 3.58. The maximum absolute atomic E-state index is 13.5. The summed E-state index contributed by atoms with van der Waals surface area (Å²) in [5.74, 6) is -2.50. The topological polar surface area (TPSA) is 71.1 Å². The predicted octanol–water partition coefficient (Wildman–Crippen LogP) is 3.85. The molecule has 9 heteroatoms. The summed E-state index contributed by atoms with van der Waals surface area (Å²) in [7, 11) is 0. The maximum Gasteiger partial charge on any atom is 0.231 e. The molecule has 3 aromatic rings. The molecule has 0 saturated heterocycles. The molecule has 1 aromatic carbocycles. The average molecular weight is 393 g/mol. The Hall–Kier alpha value is -2.65. The molecule has 0 aliphatic carbocycles. The summed E-state index contributed by atoms with van der Waals surface area (Å²) in [6.07, 6.45) is 0.0880. The van der Waals surface area contributed by atoms with Crippen molar-refractivity contribution >= 4 is 45.3 Å². The Morgan fingerprint density at radius 1 is 0.962 bits per heavy atom. The van der Waals surface area contributed by atoms with Gasteiger partial charge in [-0.1, -0.05) is 12.1 Å². The van der Waals surface area contributed by atoms with Crippen molar-refractivity contribution in [1.29, 1.82) is 0 Å². The van der Waals surface area contributed by atoms with E-state index in [2.05, 4.69) is 15.6 Å². The van der Waals surface area contributed by atoms with E-state index in [9.17, 15) is 18.4 Å². The number of thiazole rings is 1.